The highest BCUT2D eigenvalue weighted by Gasteiger charge is 2.38. The minimum atomic E-state index is -0.930. The van der Waals surface area contributed by atoms with Crippen LogP contribution < -0.4 is 20.9 Å². The van der Waals surface area contributed by atoms with Gasteiger partial charge in [-0.1, -0.05) is 11.6 Å². The van der Waals surface area contributed by atoms with Gasteiger partial charge in [0, 0.05) is 36.6 Å². The Morgan fingerprint density at radius 1 is 0.688 bits per heavy atom. The number of aliphatic hydroxyl groups is 2. The fourth-order valence-corrected chi connectivity index (χ4v) is 11.1. The molecular weight excluding hydrogens is 823 g/mol. The van der Waals surface area contributed by atoms with Crippen molar-refractivity contribution in [2.75, 3.05) is 53.1 Å². The maximum atomic E-state index is 15.0. The zero-order valence-electron chi connectivity index (χ0n) is 37.1. The second-order valence-corrected chi connectivity index (χ2v) is 17.8. The minimum Gasteiger partial charge on any atom is -0.504 e. The van der Waals surface area contributed by atoms with E-state index >= 15 is 0 Å². The van der Waals surface area contributed by atoms with Crippen molar-refractivity contribution in [1.29, 1.82) is 0 Å². The third-order valence-corrected chi connectivity index (χ3v) is 14.1. The van der Waals surface area contributed by atoms with Gasteiger partial charge in [-0.3, -0.25) is 24.0 Å². The fourth-order valence-electron chi connectivity index (χ4n) is 11.1. The first-order valence-electron chi connectivity index (χ1n) is 22.3. The van der Waals surface area contributed by atoms with E-state index < -0.39 is 30.3 Å². The zero-order chi connectivity index (χ0) is 45.6. The van der Waals surface area contributed by atoms with E-state index in [2.05, 4.69) is 5.32 Å². The lowest BCUT2D eigenvalue weighted by atomic mass is 9.75. The van der Waals surface area contributed by atoms with E-state index in [-0.39, 0.29) is 82.4 Å². The van der Waals surface area contributed by atoms with Gasteiger partial charge in [0.1, 0.15) is 19.0 Å². The van der Waals surface area contributed by atoms with Crippen LogP contribution in [-0.4, -0.2) is 86.8 Å². The third-order valence-electron chi connectivity index (χ3n) is 14.1. The number of nitrogens with one attached hydrogen (secondary N) is 1. The molecule has 8 rings (SSSR count). The molecule has 4 N–H and O–H groups in total. The first kappa shape index (κ1) is 45.2. The van der Waals surface area contributed by atoms with Crippen molar-refractivity contribution in [2.24, 2.45) is 17.8 Å². The Kier molecular flexibility index (Phi) is 13.1. The molecule has 0 aliphatic heterocycles. The van der Waals surface area contributed by atoms with Gasteiger partial charge < -0.3 is 44.3 Å². The lowest BCUT2D eigenvalue weighted by Crippen LogP contribution is -2.31. The number of rotatable bonds is 16. The number of phenols is 1. The maximum absolute atomic E-state index is 15.0. The van der Waals surface area contributed by atoms with Crippen LogP contribution in [0.25, 0.3) is 49.2 Å². The molecule has 64 heavy (non-hydrogen) atoms. The Morgan fingerprint density at radius 3 is 1.73 bits per heavy atom. The highest BCUT2D eigenvalue weighted by atomic mass is 16.6. The molecule has 3 aliphatic rings. The third kappa shape index (κ3) is 7.71. The van der Waals surface area contributed by atoms with Crippen LogP contribution in [0.5, 0.6) is 11.5 Å². The van der Waals surface area contributed by atoms with Gasteiger partial charge in [0.15, 0.2) is 22.4 Å². The predicted molar refractivity (Wildman–Crippen MR) is 243 cm³/mol. The molecule has 14 nitrogen and oxygen atoms in total. The number of ketones is 1. The van der Waals surface area contributed by atoms with Gasteiger partial charge in [0.25, 0.3) is 0 Å². The largest absolute Gasteiger partial charge is 0.504 e. The number of carbonyl (C=O) groups is 3. The molecule has 14 heteroatoms. The summed E-state index contributed by atoms with van der Waals surface area (Å²) in [6, 6.07) is 2.53. The van der Waals surface area contributed by atoms with Crippen molar-refractivity contribution in [3.8, 4) is 11.5 Å². The number of hydrogen-bond donors (Lipinski definition) is 4. The SMILES string of the molecule is COCCOC(=O)C1CCC(Cc2c(NC3CCC(C(=O)OCCOC)CC3)c3c(=O)cc(CO)c4c5c(CO)cc(=O)c6c(O)c(OC)c7c(c(c2C=C(C)C7C(C)=O)c34)c65)CC1. The van der Waals surface area contributed by atoms with Crippen molar-refractivity contribution in [3.05, 3.63) is 66.0 Å². The average Bonchev–Trinajstić information content (AvgIpc) is 3.42. The molecule has 0 heterocycles. The van der Waals surface area contributed by atoms with E-state index in [0.717, 1.165) is 11.1 Å². The lowest BCUT2D eigenvalue weighted by Gasteiger charge is -2.33. The van der Waals surface area contributed by atoms with E-state index in [0.29, 0.717) is 126 Å². The minimum absolute atomic E-state index is 0.0303. The van der Waals surface area contributed by atoms with Crippen LogP contribution in [0, 0.1) is 17.8 Å². The summed E-state index contributed by atoms with van der Waals surface area (Å²) in [5.41, 5.74) is 2.79. The maximum Gasteiger partial charge on any atom is 0.309 e. The summed E-state index contributed by atoms with van der Waals surface area (Å²) in [6.45, 7) is 3.20. The number of Topliss-reactive ketones (excluding diaryl/α,β-unsaturated/α-hetero) is 1. The van der Waals surface area contributed by atoms with Gasteiger partial charge in [0.2, 0.25) is 0 Å². The number of allylic oxidation sites excluding steroid dienone is 1. The number of aromatic hydroxyl groups is 1. The number of anilines is 1. The number of methoxy groups -OCH3 is 3. The molecule has 0 saturated heterocycles. The Hall–Kier alpha value is -5.41. The van der Waals surface area contributed by atoms with Crippen LogP contribution in [0.3, 0.4) is 0 Å². The topological polar surface area (TPSA) is 204 Å². The molecule has 5 aromatic carbocycles. The molecule has 2 fully saturated rings. The molecule has 0 spiro atoms. The van der Waals surface area contributed by atoms with Gasteiger partial charge >= 0.3 is 11.9 Å². The van der Waals surface area contributed by atoms with E-state index in [1.807, 2.05) is 13.0 Å². The number of benzene rings is 5. The Bertz CT molecular complexity index is 2780. The van der Waals surface area contributed by atoms with Crippen LogP contribution in [0.15, 0.2) is 27.3 Å². The Labute approximate surface area is 370 Å². The van der Waals surface area contributed by atoms with Gasteiger partial charge in [-0.15, -0.1) is 0 Å². The molecule has 0 radical (unpaired) electrons. The van der Waals surface area contributed by atoms with Gasteiger partial charge in [-0.05, 0) is 133 Å². The van der Waals surface area contributed by atoms with E-state index in [1.54, 1.807) is 14.2 Å². The van der Waals surface area contributed by atoms with Crippen molar-refractivity contribution in [3.63, 3.8) is 0 Å². The van der Waals surface area contributed by atoms with Crippen molar-refractivity contribution in [2.45, 2.75) is 96.8 Å². The van der Waals surface area contributed by atoms with Crippen LogP contribution in [0.4, 0.5) is 5.69 Å². The average molecular weight is 880 g/mol. The summed E-state index contributed by atoms with van der Waals surface area (Å²) in [7, 11) is 4.48. The molecule has 2 saturated carbocycles. The van der Waals surface area contributed by atoms with Crippen molar-refractivity contribution < 1.29 is 53.4 Å². The lowest BCUT2D eigenvalue weighted by molar-refractivity contribution is -0.151. The Balaban J connectivity index is 1.42. The summed E-state index contributed by atoms with van der Waals surface area (Å²) in [5, 5.41) is 40.8. The van der Waals surface area contributed by atoms with E-state index in [4.69, 9.17) is 23.7 Å². The normalized spacial score (nSPS) is 21.1. The molecule has 0 bridgehead atoms. The van der Waals surface area contributed by atoms with Crippen LogP contribution in [0.2, 0.25) is 0 Å². The molecule has 340 valence electrons. The van der Waals surface area contributed by atoms with Crippen molar-refractivity contribution >= 4 is 72.6 Å². The first-order chi connectivity index (χ1) is 30.9. The summed E-state index contributed by atoms with van der Waals surface area (Å²) in [4.78, 5) is 69.1. The molecule has 5 aromatic rings. The summed E-state index contributed by atoms with van der Waals surface area (Å²) in [5.74, 6) is -2.60. The fraction of sp³-hybridized carbons (Fsp3) is 0.500. The summed E-state index contributed by atoms with van der Waals surface area (Å²) < 4.78 is 27.0. The number of fused-ring (bicyclic) bond motifs is 1. The van der Waals surface area contributed by atoms with E-state index in [9.17, 15) is 39.3 Å². The Morgan fingerprint density at radius 2 is 1.22 bits per heavy atom. The number of aliphatic hydroxyl groups excluding tert-OH is 2. The second-order valence-electron chi connectivity index (χ2n) is 17.8. The molecule has 0 amide bonds. The predicted octanol–water partition coefficient (Wildman–Crippen LogP) is 6.38. The summed E-state index contributed by atoms with van der Waals surface area (Å²) in [6.07, 6.45) is 7.45. The molecule has 1 atom stereocenters. The standard InChI is InChI=1S/C50H57NO13/c1-24-18-32-33(19-26-6-8-27(9-7-26)49(58)63-16-14-60-3)46(51-31-12-10-28(11-13-31)50(59)64-17-15-61-4)40-34(55)20-29(22-52)37-38-30(23-53)21-35(56)41-43(38)44(39(32)42(37)40)45(36(24)25(2)54)48(62-5)47(41)57/h18,20-21,26-28,31,36,51-53,57H,6-17,19,22-23H2,1-5H3. The number of hydrogen-bond acceptors (Lipinski definition) is 14. The number of esters is 2. The van der Waals surface area contributed by atoms with Crippen LogP contribution in [0.1, 0.15) is 98.9 Å². The smallest absolute Gasteiger partial charge is 0.309 e. The molecule has 3 aliphatic carbocycles. The number of carbonyl (C=O) groups excluding carboxylic acids is 3. The first-order valence-corrected chi connectivity index (χ1v) is 22.3. The van der Waals surface area contributed by atoms with Crippen molar-refractivity contribution in [1.82, 2.24) is 0 Å². The highest BCUT2D eigenvalue weighted by molar-refractivity contribution is 6.39. The quantitative estimate of drug-likeness (QED) is 0.0368. The molecular formula is C50H57NO13. The zero-order valence-corrected chi connectivity index (χ0v) is 37.1. The molecule has 0 aromatic heterocycles. The van der Waals surface area contributed by atoms with Gasteiger partial charge in [-0.25, -0.2) is 0 Å². The number of phenolic OH excluding ortho intramolecular Hbond substituents is 1. The highest BCUT2D eigenvalue weighted by Crippen LogP contribution is 2.56. The number of ether oxygens (including phenoxy) is 5. The summed E-state index contributed by atoms with van der Waals surface area (Å²) >= 11 is 0. The van der Waals surface area contributed by atoms with Gasteiger partial charge in [-0.2, -0.15) is 0 Å². The second kappa shape index (κ2) is 18.6. The molecule has 1 unspecified atom stereocenters. The van der Waals surface area contributed by atoms with Gasteiger partial charge in [0.05, 0.1) is 67.8 Å². The van der Waals surface area contributed by atoms with Crippen LogP contribution >= 0.6 is 0 Å². The monoisotopic (exact) mass is 879 g/mol. The van der Waals surface area contributed by atoms with E-state index in [1.165, 1.54) is 26.2 Å². The van der Waals surface area contributed by atoms with Crippen LogP contribution in [-0.2, 0) is 53.0 Å².